The average Bonchev–Trinajstić information content (AvgIpc) is 2.64. The Morgan fingerprint density at radius 3 is 2.48 bits per heavy atom. The molecule has 5 heteroatoms. The van der Waals surface area contributed by atoms with E-state index in [9.17, 15) is 9.59 Å². The standard InChI is InChI=1S/C20H21N3O2/c1-3-15-8-10-16(11-9-15)13-22(2)19(24)14-23-20(25)18-7-5-4-6-17(18)12-21-23/h4-12H,3,13-14H2,1-2H3. The number of likely N-dealkylation sites (N-methyl/N-ethyl adjacent to an activating group) is 1. The molecule has 0 aliphatic heterocycles. The van der Waals surface area contributed by atoms with Crippen LogP contribution in [0.15, 0.2) is 59.5 Å². The van der Waals surface area contributed by atoms with E-state index >= 15 is 0 Å². The number of carbonyl (C=O) groups excluding carboxylic acids is 1. The highest BCUT2D eigenvalue weighted by Crippen LogP contribution is 2.09. The number of aryl methyl sites for hydroxylation is 1. The summed E-state index contributed by atoms with van der Waals surface area (Å²) >= 11 is 0. The lowest BCUT2D eigenvalue weighted by atomic mass is 10.1. The van der Waals surface area contributed by atoms with Gasteiger partial charge in [-0.3, -0.25) is 9.59 Å². The quantitative estimate of drug-likeness (QED) is 0.720. The molecule has 5 nitrogen and oxygen atoms in total. The predicted octanol–water partition coefficient (Wildman–Crippen LogP) is 2.62. The smallest absolute Gasteiger partial charge is 0.275 e. The van der Waals surface area contributed by atoms with E-state index in [0.29, 0.717) is 11.9 Å². The maximum Gasteiger partial charge on any atom is 0.275 e. The number of nitrogens with zero attached hydrogens (tertiary/aromatic N) is 3. The summed E-state index contributed by atoms with van der Waals surface area (Å²) in [6.07, 6.45) is 2.61. The second-order valence-corrected chi connectivity index (χ2v) is 6.11. The van der Waals surface area contributed by atoms with E-state index in [2.05, 4.69) is 24.2 Å². The van der Waals surface area contributed by atoms with Crippen LogP contribution in [0.5, 0.6) is 0 Å². The Labute approximate surface area is 146 Å². The third-order valence-corrected chi connectivity index (χ3v) is 4.32. The zero-order valence-electron chi connectivity index (χ0n) is 14.5. The van der Waals surface area contributed by atoms with Gasteiger partial charge < -0.3 is 4.90 Å². The van der Waals surface area contributed by atoms with Gasteiger partial charge in [-0.2, -0.15) is 5.10 Å². The van der Waals surface area contributed by atoms with Crippen molar-refractivity contribution in [1.82, 2.24) is 14.7 Å². The normalized spacial score (nSPS) is 10.8. The number of amides is 1. The van der Waals surface area contributed by atoms with Crippen LogP contribution in [0.3, 0.4) is 0 Å². The first kappa shape index (κ1) is 16.9. The van der Waals surface area contributed by atoms with Crippen LogP contribution >= 0.6 is 0 Å². The molecule has 1 amide bonds. The van der Waals surface area contributed by atoms with Crippen molar-refractivity contribution in [3.63, 3.8) is 0 Å². The molecule has 3 aromatic rings. The maximum atomic E-state index is 12.5. The fourth-order valence-electron chi connectivity index (χ4n) is 2.73. The van der Waals surface area contributed by atoms with Gasteiger partial charge in [-0.15, -0.1) is 0 Å². The molecule has 0 aliphatic carbocycles. The minimum Gasteiger partial charge on any atom is -0.340 e. The number of hydrogen-bond acceptors (Lipinski definition) is 3. The van der Waals surface area contributed by atoms with Gasteiger partial charge in [-0.05, 0) is 23.6 Å². The second kappa shape index (κ2) is 7.30. The lowest BCUT2D eigenvalue weighted by Gasteiger charge is -2.18. The van der Waals surface area contributed by atoms with E-state index in [1.807, 2.05) is 30.3 Å². The van der Waals surface area contributed by atoms with Crippen LogP contribution in [0, 0.1) is 0 Å². The molecule has 0 aliphatic rings. The number of benzene rings is 2. The van der Waals surface area contributed by atoms with Crippen molar-refractivity contribution in [3.8, 4) is 0 Å². The summed E-state index contributed by atoms with van der Waals surface area (Å²) in [4.78, 5) is 26.5. The predicted molar refractivity (Wildman–Crippen MR) is 98.3 cm³/mol. The minimum absolute atomic E-state index is 0.0623. The van der Waals surface area contributed by atoms with Crippen molar-refractivity contribution in [2.75, 3.05) is 7.05 Å². The van der Waals surface area contributed by atoms with Gasteiger partial charge in [0.25, 0.3) is 5.56 Å². The molecule has 128 valence electrons. The van der Waals surface area contributed by atoms with Crippen molar-refractivity contribution >= 4 is 16.7 Å². The first-order valence-corrected chi connectivity index (χ1v) is 8.35. The molecule has 0 unspecified atom stereocenters. The van der Waals surface area contributed by atoms with Gasteiger partial charge in [0.05, 0.1) is 11.6 Å². The van der Waals surface area contributed by atoms with Crippen LogP contribution in [-0.4, -0.2) is 27.6 Å². The van der Waals surface area contributed by atoms with Crippen molar-refractivity contribution in [2.24, 2.45) is 0 Å². The molecule has 1 heterocycles. The summed E-state index contributed by atoms with van der Waals surface area (Å²) in [6, 6.07) is 15.5. The van der Waals surface area contributed by atoms with Crippen LogP contribution in [0.25, 0.3) is 10.8 Å². The Bertz CT molecular complexity index is 945. The van der Waals surface area contributed by atoms with E-state index < -0.39 is 0 Å². The number of rotatable bonds is 5. The molecule has 0 saturated heterocycles. The van der Waals surface area contributed by atoms with Crippen molar-refractivity contribution in [1.29, 1.82) is 0 Å². The highest BCUT2D eigenvalue weighted by Gasteiger charge is 2.13. The number of hydrogen-bond donors (Lipinski definition) is 0. The second-order valence-electron chi connectivity index (χ2n) is 6.11. The van der Waals surface area contributed by atoms with E-state index in [1.165, 1.54) is 10.2 Å². The zero-order chi connectivity index (χ0) is 17.8. The van der Waals surface area contributed by atoms with Gasteiger partial charge in [0.2, 0.25) is 5.91 Å². The van der Waals surface area contributed by atoms with Gasteiger partial charge in [0, 0.05) is 19.0 Å². The Kier molecular flexibility index (Phi) is 4.93. The van der Waals surface area contributed by atoms with E-state index in [-0.39, 0.29) is 18.0 Å². The molecular weight excluding hydrogens is 314 g/mol. The number of carbonyl (C=O) groups is 1. The number of fused-ring (bicyclic) bond motifs is 1. The summed E-state index contributed by atoms with van der Waals surface area (Å²) in [5.41, 5.74) is 2.09. The van der Waals surface area contributed by atoms with E-state index in [1.54, 1.807) is 24.2 Å². The summed E-state index contributed by atoms with van der Waals surface area (Å²) in [6.45, 7) is 2.55. The SMILES string of the molecule is CCc1ccc(CN(C)C(=O)Cn2ncc3ccccc3c2=O)cc1. The van der Waals surface area contributed by atoms with Gasteiger partial charge in [-0.1, -0.05) is 49.4 Å². The fourth-order valence-corrected chi connectivity index (χ4v) is 2.73. The summed E-state index contributed by atoms with van der Waals surface area (Å²) < 4.78 is 1.22. The third-order valence-electron chi connectivity index (χ3n) is 4.32. The summed E-state index contributed by atoms with van der Waals surface area (Å²) in [5.74, 6) is -0.149. The van der Waals surface area contributed by atoms with Gasteiger partial charge >= 0.3 is 0 Å². The van der Waals surface area contributed by atoms with E-state index in [0.717, 1.165) is 17.4 Å². The fraction of sp³-hybridized carbons (Fsp3) is 0.250. The molecule has 0 atom stereocenters. The third kappa shape index (κ3) is 3.76. The average molecular weight is 335 g/mol. The largest absolute Gasteiger partial charge is 0.340 e. The van der Waals surface area contributed by atoms with Crippen molar-refractivity contribution in [3.05, 3.63) is 76.2 Å². The van der Waals surface area contributed by atoms with Crippen LogP contribution in [0.2, 0.25) is 0 Å². The first-order valence-electron chi connectivity index (χ1n) is 8.35. The summed E-state index contributed by atoms with van der Waals surface area (Å²) in [7, 11) is 1.74. The molecule has 1 aromatic heterocycles. The lowest BCUT2D eigenvalue weighted by Crippen LogP contribution is -2.34. The Morgan fingerprint density at radius 2 is 1.76 bits per heavy atom. The molecule has 0 bridgehead atoms. The monoisotopic (exact) mass is 335 g/mol. The van der Waals surface area contributed by atoms with Crippen LogP contribution in [-0.2, 0) is 24.3 Å². The Morgan fingerprint density at radius 1 is 1.08 bits per heavy atom. The van der Waals surface area contributed by atoms with Crippen LogP contribution in [0.1, 0.15) is 18.1 Å². The molecule has 0 saturated carbocycles. The highest BCUT2D eigenvalue weighted by molar-refractivity contribution is 5.81. The van der Waals surface area contributed by atoms with Crippen molar-refractivity contribution < 1.29 is 4.79 Å². The molecule has 0 spiro atoms. The first-order chi connectivity index (χ1) is 12.1. The lowest BCUT2D eigenvalue weighted by molar-refractivity contribution is -0.131. The minimum atomic E-state index is -0.243. The molecule has 25 heavy (non-hydrogen) atoms. The Balaban J connectivity index is 1.72. The van der Waals surface area contributed by atoms with E-state index in [4.69, 9.17) is 0 Å². The topological polar surface area (TPSA) is 55.2 Å². The van der Waals surface area contributed by atoms with Crippen molar-refractivity contribution in [2.45, 2.75) is 26.4 Å². The van der Waals surface area contributed by atoms with Crippen LogP contribution in [0.4, 0.5) is 0 Å². The maximum absolute atomic E-state index is 12.5. The molecular formula is C20H21N3O2. The van der Waals surface area contributed by atoms with Gasteiger partial charge in [0.1, 0.15) is 6.54 Å². The van der Waals surface area contributed by atoms with Crippen LogP contribution < -0.4 is 5.56 Å². The molecule has 2 aromatic carbocycles. The molecule has 0 fully saturated rings. The van der Waals surface area contributed by atoms with Gasteiger partial charge in [-0.25, -0.2) is 4.68 Å². The van der Waals surface area contributed by atoms with Gasteiger partial charge in [0.15, 0.2) is 0 Å². The highest BCUT2D eigenvalue weighted by atomic mass is 16.2. The molecule has 3 rings (SSSR count). The molecule has 0 N–H and O–H groups in total. The Hall–Kier alpha value is -2.95. The molecule has 0 radical (unpaired) electrons. The summed E-state index contributed by atoms with van der Waals surface area (Å²) in [5, 5.41) is 5.47. The number of aromatic nitrogens is 2. The zero-order valence-corrected chi connectivity index (χ0v) is 14.5.